The first-order valence-corrected chi connectivity index (χ1v) is 7.95. The van der Waals surface area contributed by atoms with Gasteiger partial charge >= 0.3 is 6.09 Å². The zero-order valence-electron chi connectivity index (χ0n) is 15.3. The van der Waals surface area contributed by atoms with Crippen LogP contribution in [0.25, 0.3) is 0 Å². The van der Waals surface area contributed by atoms with Crippen molar-refractivity contribution in [3.63, 3.8) is 0 Å². The zero-order valence-corrected chi connectivity index (χ0v) is 15.3. The van der Waals surface area contributed by atoms with Crippen molar-refractivity contribution in [3.05, 3.63) is 47.3 Å². The Kier molecular flexibility index (Phi) is 6.04. The summed E-state index contributed by atoms with van der Waals surface area (Å²) in [5, 5.41) is 0. The Morgan fingerprint density at radius 2 is 2.00 bits per heavy atom. The maximum atomic E-state index is 13.9. The van der Waals surface area contributed by atoms with Crippen LogP contribution in [0.2, 0.25) is 0 Å². The highest BCUT2D eigenvalue weighted by molar-refractivity contribution is 5.87. The van der Waals surface area contributed by atoms with E-state index in [2.05, 4.69) is 9.97 Å². The molecule has 0 radical (unpaired) electrons. The van der Waals surface area contributed by atoms with Crippen molar-refractivity contribution in [1.29, 1.82) is 0 Å². The zero-order chi connectivity index (χ0) is 20.2. The van der Waals surface area contributed by atoms with Gasteiger partial charge in [0.15, 0.2) is 12.1 Å². The molecule has 2 rings (SSSR count). The predicted molar refractivity (Wildman–Crippen MR) is 92.7 cm³/mol. The summed E-state index contributed by atoms with van der Waals surface area (Å²) >= 11 is 0. The van der Waals surface area contributed by atoms with E-state index in [9.17, 15) is 18.4 Å². The second kappa shape index (κ2) is 8.07. The number of ether oxygens (including phenoxy) is 2. The van der Waals surface area contributed by atoms with E-state index in [1.165, 1.54) is 25.4 Å². The number of carbonyl (C=O) groups is 2. The van der Waals surface area contributed by atoms with Crippen LogP contribution in [0.15, 0.2) is 24.4 Å². The molecule has 144 valence electrons. The van der Waals surface area contributed by atoms with E-state index in [1.807, 2.05) is 0 Å². The van der Waals surface area contributed by atoms with Crippen LogP contribution in [0.3, 0.4) is 0 Å². The second-order valence-corrected chi connectivity index (χ2v) is 6.57. The fourth-order valence-electron chi connectivity index (χ4n) is 2.11. The van der Waals surface area contributed by atoms with Crippen molar-refractivity contribution in [2.45, 2.75) is 32.9 Å². The maximum absolute atomic E-state index is 13.9. The first kappa shape index (κ1) is 20.2. The van der Waals surface area contributed by atoms with E-state index in [1.54, 1.807) is 20.8 Å². The number of rotatable bonds is 5. The van der Waals surface area contributed by atoms with Crippen molar-refractivity contribution < 1.29 is 27.8 Å². The summed E-state index contributed by atoms with van der Waals surface area (Å²) in [6.45, 7) is 4.82. The van der Waals surface area contributed by atoms with Gasteiger partial charge in [-0.3, -0.25) is 9.69 Å². The van der Waals surface area contributed by atoms with Gasteiger partial charge in [0.05, 0.1) is 19.2 Å². The third-order valence-corrected chi connectivity index (χ3v) is 3.28. The number of halogens is 2. The van der Waals surface area contributed by atoms with Crippen molar-refractivity contribution in [3.8, 4) is 5.88 Å². The van der Waals surface area contributed by atoms with Gasteiger partial charge in [-0.2, -0.15) is 4.39 Å². The average Bonchev–Trinajstić information content (AvgIpc) is 2.58. The molecule has 27 heavy (non-hydrogen) atoms. The molecule has 0 aliphatic rings. The lowest BCUT2D eigenvalue weighted by Crippen LogP contribution is -2.37. The highest BCUT2D eigenvalue weighted by atomic mass is 19.1. The molecule has 1 amide bonds. The highest BCUT2D eigenvalue weighted by Crippen LogP contribution is 2.22. The highest BCUT2D eigenvalue weighted by Gasteiger charge is 2.26. The Labute approximate surface area is 154 Å². The van der Waals surface area contributed by atoms with Gasteiger partial charge in [-0.25, -0.2) is 19.2 Å². The third kappa shape index (κ3) is 5.19. The van der Waals surface area contributed by atoms with Gasteiger partial charge in [-0.1, -0.05) is 0 Å². The van der Waals surface area contributed by atoms with Crippen molar-refractivity contribution in [2.75, 3.05) is 12.0 Å². The smallest absolute Gasteiger partial charge is 0.416 e. The minimum absolute atomic E-state index is 0.0939. The largest absolute Gasteiger partial charge is 0.479 e. The van der Waals surface area contributed by atoms with E-state index in [-0.39, 0.29) is 23.8 Å². The summed E-state index contributed by atoms with van der Waals surface area (Å²) in [4.78, 5) is 31.8. The maximum Gasteiger partial charge on any atom is 0.416 e. The predicted octanol–water partition coefficient (Wildman–Crippen LogP) is 3.52. The first-order valence-electron chi connectivity index (χ1n) is 7.95. The van der Waals surface area contributed by atoms with E-state index >= 15 is 0 Å². The molecule has 2 heterocycles. The van der Waals surface area contributed by atoms with Gasteiger partial charge in [0.2, 0.25) is 11.8 Å². The van der Waals surface area contributed by atoms with Crippen LogP contribution in [-0.2, 0) is 11.3 Å². The Hall–Kier alpha value is -3.10. The number of carbonyl (C=O) groups excluding carboxylic acids is 2. The number of amides is 1. The van der Waals surface area contributed by atoms with Crippen LogP contribution in [0.5, 0.6) is 5.88 Å². The number of anilines is 1. The van der Waals surface area contributed by atoms with E-state index in [4.69, 9.17) is 9.47 Å². The number of hydrogen-bond acceptors (Lipinski definition) is 6. The van der Waals surface area contributed by atoms with Gasteiger partial charge in [0.25, 0.3) is 0 Å². The third-order valence-electron chi connectivity index (χ3n) is 3.28. The van der Waals surface area contributed by atoms with Crippen LogP contribution in [0, 0.1) is 11.8 Å². The molecule has 0 bridgehead atoms. The minimum atomic E-state index is -1.03. The molecule has 0 saturated carbocycles. The first-order chi connectivity index (χ1) is 12.6. The van der Waals surface area contributed by atoms with Gasteiger partial charge in [0.1, 0.15) is 11.4 Å². The van der Waals surface area contributed by atoms with Crippen LogP contribution in [-0.4, -0.2) is 35.1 Å². The van der Waals surface area contributed by atoms with Crippen molar-refractivity contribution in [2.24, 2.45) is 0 Å². The van der Waals surface area contributed by atoms with Gasteiger partial charge in [-0.15, -0.1) is 0 Å². The Morgan fingerprint density at radius 1 is 1.30 bits per heavy atom. The summed E-state index contributed by atoms with van der Waals surface area (Å²) < 4.78 is 37.9. The van der Waals surface area contributed by atoms with E-state index < -0.39 is 23.5 Å². The molecule has 2 aromatic heterocycles. The SMILES string of the molecule is COc1ncc(CN(C(=O)OC(C)(C)C)c2ccc(C=O)c(F)n2)cc1F. The number of methoxy groups -OCH3 is 1. The average molecular weight is 379 g/mol. The van der Waals surface area contributed by atoms with Crippen molar-refractivity contribution in [1.82, 2.24) is 9.97 Å². The monoisotopic (exact) mass is 379 g/mol. The molecular weight excluding hydrogens is 360 g/mol. The molecule has 0 aliphatic heterocycles. The standard InChI is InChI=1S/C18H19F2N3O4/c1-18(2,3)27-17(25)23(14-6-5-12(10-24)15(20)22-14)9-11-7-13(19)16(26-4)21-8-11/h5-8,10H,9H2,1-4H3. The molecule has 2 aromatic rings. The normalized spacial score (nSPS) is 11.0. The number of hydrogen-bond donors (Lipinski definition) is 0. The van der Waals surface area contributed by atoms with Crippen LogP contribution in [0.4, 0.5) is 19.4 Å². The molecule has 0 aromatic carbocycles. The summed E-state index contributed by atoms with van der Waals surface area (Å²) in [6, 6.07) is 3.62. The number of aldehydes is 1. The number of pyridine rings is 2. The fraction of sp³-hybridized carbons (Fsp3) is 0.333. The Balaban J connectivity index is 2.40. The van der Waals surface area contributed by atoms with Gasteiger partial charge in [0, 0.05) is 6.20 Å². The topological polar surface area (TPSA) is 81.6 Å². The lowest BCUT2D eigenvalue weighted by Gasteiger charge is -2.27. The lowest BCUT2D eigenvalue weighted by atomic mass is 10.2. The number of nitrogens with zero attached hydrogens (tertiary/aromatic N) is 3. The summed E-state index contributed by atoms with van der Waals surface area (Å²) in [6.07, 6.45) is 0.812. The quantitative estimate of drug-likeness (QED) is 0.584. The molecule has 0 aliphatic carbocycles. The fourth-order valence-corrected chi connectivity index (χ4v) is 2.11. The summed E-state index contributed by atoms with van der Waals surface area (Å²) in [5.74, 6) is -2.03. The number of aromatic nitrogens is 2. The van der Waals surface area contributed by atoms with Crippen molar-refractivity contribution >= 4 is 18.2 Å². The Bertz CT molecular complexity index is 853. The van der Waals surface area contributed by atoms with E-state index in [0.29, 0.717) is 11.8 Å². The molecule has 0 saturated heterocycles. The molecule has 0 unspecified atom stereocenters. The van der Waals surface area contributed by atoms with E-state index in [0.717, 1.165) is 11.0 Å². The molecule has 0 N–H and O–H groups in total. The molecule has 9 heteroatoms. The lowest BCUT2D eigenvalue weighted by molar-refractivity contribution is 0.0576. The van der Waals surface area contributed by atoms with Crippen LogP contribution in [0.1, 0.15) is 36.7 Å². The summed E-state index contributed by atoms with van der Waals surface area (Å²) in [7, 11) is 1.28. The summed E-state index contributed by atoms with van der Waals surface area (Å²) in [5.41, 5.74) is -0.763. The van der Waals surface area contributed by atoms with Crippen LogP contribution < -0.4 is 9.64 Å². The molecular formula is C18H19F2N3O4. The van der Waals surface area contributed by atoms with Gasteiger partial charge < -0.3 is 9.47 Å². The molecule has 0 fully saturated rings. The molecule has 0 atom stereocenters. The van der Waals surface area contributed by atoms with Crippen LogP contribution >= 0.6 is 0 Å². The molecule has 0 spiro atoms. The second-order valence-electron chi connectivity index (χ2n) is 6.57. The minimum Gasteiger partial charge on any atom is -0.479 e. The Morgan fingerprint density at radius 3 is 2.52 bits per heavy atom. The molecule has 7 nitrogen and oxygen atoms in total. The van der Waals surface area contributed by atoms with Gasteiger partial charge in [-0.05, 0) is 44.5 Å².